The average Bonchev–Trinajstić information content (AvgIpc) is 2.29. The molecule has 2 aromatic carbocycles. The maximum atomic E-state index is 13.0. The highest BCUT2D eigenvalue weighted by Gasteiger charge is 2.10. The monoisotopic (exact) mass is 250 g/mol. The molecule has 86 valence electrons. The van der Waals surface area contributed by atoms with Crippen LogP contribution in [-0.2, 0) is 0 Å². The van der Waals surface area contributed by atoms with Crippen molar-refractivity contribution in [2.75, 3.05) is 0 Å². The molecule has 17 heavy (non-hydrogen) atoms. The maximum absolute atomic E-state index is 13.0. The third-order valence-electron chi connectivity index (χ3n) is 2.35. The molecule has 0 unspecified atom stereocenters. The Morgan fingerprint density at radius 2 is 1.82 bits per heavy atom. The first-order chi connectivity index (χ1) is 8.08. The van der Waals surface area contributed by atoms with Gasteiger partial charge in [-0.3, -0.25) is 0 Å². The molecule has 2 aromatic rings. The smallest absolute Gasteiger partial charge is 0.337 e. The highest BCUT2D eigenvalue weighted by Crippen LogP contribution is 2.25. The lowest BCUT2D eigenvalue weighted by atomic mass is 10.0. The summed E-state index contributed by atoms with van der Waals surface area (Å²) in [6.45, 7) is 0. The summed E-state index contributed by atoms with van der Waals surface area (Å²) >= 11 is 5.76. The molecular weight excluding hydrogens is 243 g/mol. The minimum atomic E-state index is -1.10. The molecule has 0 radical (unpaired) electrons. The molecule has 0 aromatic heterocycles. The molecule has 0 aliphatic heterocycles. The van der Waals surface area contributed by atoms with Gasteiger partial charge in [-0.05, 0) is 35.4 Å². The van der Waals surface area contributed by atoms with E-state index in [1.807, 2.05) is 0 Å². The van der Waals surface area contributed by atoms with Gasteiger partial charge >= 0.3 is 5.97 Å². The molecule has 2 rings (SSSR count). The quantitative estimate of drug-likeness (QED) is 0.879. The fourth-order valence-corrected chi connectivity index (χ4v) is 1.74. The first-order valence-electron chi connectivity index (χ1n) is 4.87. The van der Waals surface area contributed by atoms with Crippen molar-refractivity contribution in [3.8, 4) is 11.1 Å². The standard InChI is InChI=1S/C13H8ClFO2/c14-12-5-4-9(7-11(12)13(16)17)8-2-1-3-10(15)6-8/h1-7H,(H,16,17). The molecule has 2 nitrogen and oxygen atoms in total. The number of rotatable bonds is 2. The van der Waals surface area contributed by atoms with Crippen LogP contribution in [0.15, 0.2) is 42.5 Å². The molecule has 0 fully saturated rings. The molecule has 0 amide bonds. The molecule has 0 spiro atoms. The van der Waals surface area contributed by atoms with Gasteiger partial charge in [0.25, 0.3) is 0 Å². The van der Waals surface area contributed by atoms with Gasteiger partial charge in [-0.15, -0.1) is 0 Å². The van der Waals surface area contributed by atoms with Crippen LogP contribution in [0.2, 0.25) is 5.02 Å². The minimum Gasteiger partial charge on any atom is -0.478 e. The Hall–Kier alpha value is -1.87. The van der Waals surface area contributed by atoms with Crippen molar-refractivity contribution in [3.63, 3.8) is 0 Å². The van der Waals surface area contributed by atoms with Crippen molar-refractivity contribution < 1.29 is 14.3 Å². The third kappa shape index (κ3) is 2.45. The number of hydrogen-bond acceptors (Lipinski definition) is 1. The van der Waals surface area contributed by atoms with Gasteiger partial charge in [-0.1, -0.05) is 29.8 Å². The summed E-state index contributed by atoms with van der Waals surface area (Å²) in [6, 6.07) is 10.5. The van der Waals surface area contributed by atoms with Crippen LogP contribution in [0, 0.1) is 5.82 Å². The van der Waals surface area contributed by atoms with Gasteiger partial charge in [0.15, 0.2) is 0 Å². The van der Waals surface area contributed by atoms with E-state index >= 15 is 0 Å². The Morgan fingerprint density at radius 1 is 1.12 bits per heavy atom. The maximum Gasteiger partial charge on any atom is 0.337 e. The van der Waals surface area contributed by atoms with E-state index in [0.29, 0.717) is 11.1 Å². The second-order valence-electron chi connectivity index (χ2n) is 3.51. The lowest BCUT2D eigenvalue weighted by Gasteiger charge is -2.04. The van der Waals surface area contributed by atoms with Crippen LogP contribution in [0.4, 0.5) is 4.39 Å². The van der Waals surface area contributed by atoms with E-state index in [2.05, 4.69) is 0 Å². The summed E-state index contributed by atoms with van der Waals surface area (Å²) in [5.74, 6) is -1.47. The Bertz CT molecular complexity index is 581. The first kappa shape index (κ1) is 11.6. The number of benzene rings is 2. The lowest BCUT2D eigenvalue weighted by Crippen LogP contribution is -1.97. The number of halogens is 2. The van der Waals surface area contributed by atoms with Crippen LogP contribution in [0.5, 0.6) is 0 Å². The van der Waals surface area contributed by atoms with Gasteiger partial charge in [0, 0.05) is 0 Å². The van der Waals surface area contributed by atoms with Crippen LogP contribution in [-0.4, -0.2) is 11.1 Å². The van der Waals surface area contributed by atoms with E-state index in [4.69, 9.17) is 16.7 Å². The SMILES string of the molecule is O=C(O)c1cc(-c2cccc(F)c2)ccc1Cl. The Morgan fingerprint density at radius 3 is 2.47 bits per heavy atom. The largest absolute Gasteiger partial charge is 0.478 e. The van der Waals surface area contributed by atoms with Crippen molar-refractivity contribution in [2.24, 2.45) is 0 Å². The molecular formula is C13H8ClFO2. The molecule has 0 atom stereocenters. The number of aromatic carboxylic acids is 1. The molecule has 0 aliphatic carbocycles. The fraction of sp³-hybridized carbons (Fsp3) is 0. The molecule has 0 saturated heterocycles. The number of hydrogen-bond donors (Lipinski definition) is 1. The Balaban J connectivity index is 2.54. The molecule has 1 N–H and O–H groups in total. The third-order valence-corrected chi connectivity index (χ3v) is 2.68. The van der Waals surface area contributed by atoms with Gasteiger partial charge in [-0.25, -0.2) is 9.18 Å². The zero-order chi connectivity index (χ0) is 12.4. The van der Waals surface area contributed by atoms with Crippen molar-refractivity contribution >= 4 is 17.6 Å². The zero-order valence-electron chi connectivity index (χ0n) is 8.65. The van der Waals surface area contributed by atoms with Crippen LogP contribution >= 0.6 is 11.6 Å². The zero-order valence-corrected chi connectivity index (χ0v) is 9.41. The van der Waals surface area contributed by atoms with Crippen LogP contribution in [0.1, 0.15) is 10.4 Å². The molecule has 0 saturated carbocycles. The Labute approximate surface area is 102 Å². The van der Waals surface area contributed by atoms with E-state index in [1.54, 1.807) is 18.2 Å². The van der Waals surface area contributed by atoms with Gasteiger partial charge in [0.05, 0.1) is 10.6 Å². The molecule has 0 heterocycles. The van der Waals surface area contributed by atoms with Gasteiger partial charge < -0.3 is 5.11 Å². The normalized spacial score (nSPS) is 10.2. The molecule has 4 heteroatoms. The molecule has 0 aliphatic rings. The first-order valence-corrected chi connectivity index (χ1v) is 5.24. The second kappa shape index (κ2) is 4.55. The predicted molar refractivity (Wildman–Crippen MR) is 63.8 cm³/mol. The van der Waals surface area contributed by atoms with Crippen molar-refractivity contribution in [3.05, 3.63) is 58.9 Å². The van der Waals surface area contributed by atoms with Crippen molar-refractivity contribution in [1.82, 2.24) is 0 Å². The summed E-state index contributed by atoms with van der Waals surface area (Å²) in [5, 5.41) is 9.10. The van der Waals surface area contributed by atoms with E-state index in [1.165, 1.54) is 24.3 Å². The van der Waals surface area contributed by atoms with E-state index in [-0.39, 0.29) is 16.4 Å². The summed E-state index contributed by atoms with van der Waals surface area (Å²) in [6.07, 6.45) is 0. The van der Waals surface area contributed by atoms with Crippen LogP contribution in [0.3, 0.4) is 0 Å². The summed E-state index contributed by atoms with van der Waals surface area (Å²) < 4.78 is 13.0. The van der Waals surface area contributed by atoms with E-state index in [0.717, 1.165) is 0 Å². The summed E-state index contributed by atoms with van der Waals surface area (Å²) in [4.78, 5) is 10.9. The second-order valence-corrected chi connectivity index (χ2v) is 3.92. The van der Waals surface area contributed by atoms with Crippen LogP contribution in [0.25, 0.3) is 11.1 Å². The lowest BCUT2D eigenvalue weighted by molar-refractivity contribution is 0.0697. The Kier molecular flexibility index (Phi) is 3.11. The van der Waals surface area contributed by atoms with Gasteiger partial charge in [0.2, 0.25) is 0 Å². The summed E-state index contributed by atoms with van der Waals surface area (Å²) in [5.41, 5.74) is 1.24. The van der Waals surface area contributed by atoms with Gasteiger partial charge in [-0.2, -0.15) is 0 Å². The fourth-order valence-electron chi connectivity index (χ4n) is 1.54. The predicted octanol–water partition coefficient (Wildman–Crippen LogP) is 3.84. The van der Waals surface area contributed by atoms with E-state index in [9.17, 15) is 9.18 Å². The minimum absolute atomic E-state index is 0.00780. The molecule has 0 bridgehead atoms. The number of carbonyl (C=O) groups is 1. The highest BCUT2D eigenvalue weighted by atomic mass is 35.5. The van der Waals surface area contributed by atoms with Crippen molar-refractivity contribution in [2.45, 2.75) is 0 Å². The number of carboxylic acids is 1. The van der Waals surface area contributed by atoms with Crippen LogP contribution < -0.4 is 0 Å². The van der Waals surface area contributed by atoms with Crippen molar-refractivity contribution in [1.29, 1.82) is 0 Å². The average molecular weight is 251 g/mol. The van der Waals surface area contributed by atoms with Gasteiger partial charge in [0.1, 0.15) is 5.82 Å². The highest BCUT2D eigenvalue weighted by molar-refractivity contribution is 6.33. The topological polar surface area (TPSA) is 37.3 Å². The number of carboxylic acid groups (broad SMARTS) is 1. The summed E-state index contributed by atoms with van der Waals surface area (Å²) in [7, 11) is 0. The van der Waals surface area contributed by atoms with E-state index < -0.39 is 5.97 Å².